The lowest BCUT2D eigenvalue weighted by Gasteiger charge is -2.12. The molecular weight excluding hydrogens is 220 g/mol. The number of nitrogen functional groups attached to an aromatic ring is 1. The Labute approximate surface area is 100 Å². The highest BCUT2D eigenvalue weighted by Gasteiger charge is 2.15. The first-order valence-electron chi connectivity index (χ1n) is 5.04. The Morgan fingerprint density at radius 1 is 1.47 bits per heavy atom. The van der Waals surface area contributed by atoms with Gasteiger partial charge >= 0.3 is 0 Å². The highest BCUT2D eigenvalue weighted by molar-refractivity contribution is 6.01. The molecule has 0 bridgehead atoms. The van der Waals surface area contributed by atoms with E-state index in [1.807, 2.05) is 0 Å². The van der Waals surface area contributed by atoms with Crippen LogP contribution in [0.15, 0.2) is 24.8 Å². The molecule has 0 aliphatic carbocycles. The molecule has 5 heteroatoms. The molecule has 0 saturated heterocycles. The molecule has 92 valence electrons. The van der Waals surface area contributed by atoms with Gasteiger partial charge in [-0.3, -0.25) is 4.79 Å². The smallest absolute Gasteiger partial charge is 0.253 e. The second-order valence-corrected chi connectivity index (χ2v) is 3.29. The zero-order valence-electron chi connectivity index (χ0n) is 9.95. The molecule has 0 spiro atoms. The Kier molecular flexibility index (Phi) is 4.39. The van der Waals surface area contributed by atoms with Gasteiger partial charge in [-0.15, -0.1) is 6.58 Å². The van der Waals surface area contributed by atoms with E-state index in [0.29, 0.717) is 23.6 Å². The van der Waals surface area contributed by atoms with E-state index in [0.717, 1.165) is 0 Å². The van der Waals surface area contributed by atoms with Crippen molar-refractivity contribution >= 4 is 11.6 Å². The summed E-state index contributed by atoms with van der Waals surface area (Å²) in [5, 5.41) is 2.64. The molecule has 1 aromatic carbocycles. The fraction of sp³-hybridized carbons (Fsp3) is 0.250. The molecule has 0 saturated carbocycles. The van der Waals surface area contributed by atoms with Crippen molar-refractivity contribution in [2.45, 2.75) is 0 Å². The molecule has 0 atom stereocenters. The van der Waals surface area contributed by atoms with Gasteiger partial charge in [0, 0.05) is 12.6 Å². The summed E-state index contributed by atoms with van der Waals surface area (Å²) >= 11 is 0. The highest BCUT2D eigenvalue weighted by Crippen LogP contribution is 2.30. The minimum absolute atomic E-state index is 0.287. The molecule has 0 aliphatic heterocycles. The zero-order valence-corrected chi connectivity index (χ0v) is 9.95. The second-order valence-electron chi connectivity index (χ2n) is 3.29. The summed E-state index contributed by atoms with van der Waals surface area (Å²) in [5.41, 5.74) is 6.43. The van der Waals surface area contributed by atoms with Crippen molar-refractivity contribution in [3.63, 3.8) is 0 Å². The van der Waals surface area contributed by atoms with E-state index >= 15 is 0 Å². The fourth-order valence-corrected chi connectivity index (χ4v) is 1.34. The number of hydrogen-bond donors (Lipinski definition) is 2. The van der Waals surface area contributed by atoms with Crippen LogP contribution in [0.1, 0.15) is 10.4 Å². The number of carbonyl (C=O) groups excluding carboxylic acids is 1. The van der Waals surface area contributed by atoms with Gasteiger partial charge in [-0.05, 0) is 6.07 Å². The van der Waals surface area contributed by atoms with Crippen molar-refractivity contribution in [3.05, 3.63) is 30.4 Å². The Hall–Kier alpha value is -2.17. The van der Waals surface area contributed by atoms with Crippen LogP contribution in [0.4, 0.5) is 5.69 Å². The first-order chi connectivity index (χ1) is 8.13. The van der Waals surface area contributed by atoms with Crippen LogP contribution in [-0.2, 0) is 0 Å². The Morgan fingerprint density at radius 3 is 2.71 bits per heavy atom. The SMILES string of the molecule is C=CCNC(=O)c1cc(OC)cc(OC)c1N. The van der Waals surface area contributed by atoms with E-state index in [1.54, 1.807) is 18.2 Å². The lowest BCUT2D eigenvalue weighted by Crippen LogP contribution is -2.24. The lowest BCUT2D eigenvalue weighted by atomic mass is 10.1. The summed E-state index contributed by atoms with van der Waals surface area (Å²) in [4.78, 5) is 11.8. The average Bonchev–Trinajstić information content (AvgIpc) is 2.36. The Balaban J connectivity index is 3.12. The summed E-state index contributed by atoms with van der Waals surface area (Å²) in [7, 11) is 2.99. The van der Waals surface area contributed by atoms with Crippen LogP contribution in [0, 0.1) is 0 Å². The third-order valence-electron chi connectivity index (χ3n) is 2.22. The van der Waals surface area contributed by atoms with Gasteiger partial charge in [0.05, 0.1) is 25.5 Å². The van der Waals surface area contributed by atoms with Crippen LogP contribution in [0.2, 0.25) is 0 Å². The van der Waals surface area contributed by atoms with E-state index in [2.05, 4.69) is 11.9 Å². The molecule has 1 aromatic rings. The van der Waals surface area contributed by atoms with E-state index < -0.39 is 0 Å². The monoisotopic (exact) mass is 236 g/mol. The molecule has 5 nitrogen and oxygen atoms in total. The van der Waals surface area contributed by atoms with Gasteiger partial charge in [-0.2, -0.15) is 0 Å². The maximum absolute atomic E-state index is 11.8. The number of ether oxygens (including phenoxy) is 2. The van der Waals surface area contributed by atoms with E-state index in [-0.39, 0.29) is 11.6 Å². The van der Waals surface area contributed by atoms with Gasteiger partial charge in [0.1, 0.15) is 11.5 Å². The van der Waals surface area contributed by atoms with Gasteiger partial charge in [-0.1, -0.05) is 6.08 Å². The molecule has 0 aliphatic rings. The van der Waals surface area contributed by atoms with Gasteiger partial charge in [0.25, 0.3) is 5.91 Å². The average molecular weight is 236 g/mol. The fourth-order valence-electron chi connectivity index (χ4n) is 1.34. The van der Waals surface area contributed by atoms with E-state index in [4.69, 9.17) is 15.2 Å². The van der Waals surface area contributed by atoms with Gasteiger partial charge in [0.15, 0.2) is 0 Å². The molecule has 0 unspecified atom stereocenters. The topological polar surface area (TPSA) is 73.6 Å². The number of benzene rings is 1. The van der Waals surface area contributed by atoms with E-state index in [1.165, 1.54) is 14.2 Å². The predicted octanol–water partition coefficient (Wildman–Crippen LogP) is 1.20. The normalized spacial score (nSPS) is 9.53. The van der Waals surface area contributed by atoms with Crippen LogP contribution in [0.5, 0.6) is 11.5 Å². The van der Waals surface area contributed by atoms with Crippen molar-refractivity contribution in [1.82, 2.24) is 5.32 Å². The molecule has 1 amide bonds. The second kappa shape index (κ2) is 5.79. The molecule has 0 fully saturated rings. The van der Waals surface area contributed by atoms with Gasteiger partial charge in [0.2, 0.25) is 0 Å². The summed E-state index contributed by atoms with van der Waals surface area (Å²) in [6.07, 6.45) is 1.59. The number of methoxy groups -OCH3 is 2. The minimum Gasteiger partial charge on any atom is -0.497 e. The predicted molar refractivity (Wildman–Crippen MR) is 66.5 cm³/mol. The van der Waals surface area contributed by atoms with Crippen molar-refractivity contribution in [1.29, 1.82) is 0 Å². The van der Waals surface area contributed by atoms with Crippen molar-refractivity contribution in [2.24, 2.45) is 0 Å². The lowest BCUT2D eigenvalue weighted by molar-refractivity contribution is 0.0958. The molecule has 3 N–H and O–H groups in total. The molecular formula is C12H16N2O3. The van der Waals surface area contributed by atoms with Gasteiger partial charge in [-0.25, -0.2) is 0 Å². The maximum atomic E-state index is 11.8. The number of nitrogens with two attached hydrogens (primary N) is 1. The highest BCUT2D eigenvalue weighted by atomic mass is 16.5. The standard InChI is InChI=1S/C12H16N2O3/c1-4-5-14-12(15)9-6-8(16-2)7-10(17-3)11(9)13/h4,6-7H,1,5,13H2,2-3H3,(H,14,15). The molecule has 17 heavy (non-hydrogen) atoms. The van der Waals surface area contributed by atoms with E-state index in [9.17, 15) is 4.79 Å². The van der Waals surface area contributed by atoms with Crippen LogP contribution in [0.3, 0.4) is 0 Å². The summed E-state index contributed by atoms with van der Waals surface area (Å²) in [6.45, 7) is 3.89. The van der Waals surface area contributed by atoms with Crippen LogP contribution >= 0.6 is 0 Å². The maximum Gasteiger partial charge on any atom is 0.253 e. The number of carbonyl (C=O) groups is 1. The summed E-state index contributed by atoms with van der Waals surface area (Å²) in [5.74, 6) is 0.632. The number of amides is 1. The number of hydrogen-bond acceptors (Lipinski definition) is 4. The third-order valence-corrected chi connectivity index (χ3v) is 2.22. The first kappa shape index (κ1) is 12.9. The largest absolute Gasteiger partial charge is 0.497 e. The third kappa shape index (κ3) is 2.90. The Morgan fingerprint density at radius 2 is 2.18 bits per heavy atom. The summed E-state index contributed by atoms with van der Waals surface area (Å²) < 4.78 is 10.1. The molecule has 0 radical (unpaired) electrons. The van der Waals surface area contributed by atoms with Crippen molar-refractivity contribution in [3.8, 4) is 11.5 Å². The Bertz CT molecular complexity index is 430. The molecule has 0 heterocycles. The number of anilines is 1. The zero-order chi connectivity index (χ0) is 12.8. The number of nitrogens with one attached hydrogen (secondary N) is 1. The quantitative estimate of drug-likeness (QED) is 0.595. The number of rotatable bonds is 5. The molecule has 1 rings (SSSR count). The van der Waals surface area contributed by atoms with Crippen molar-refractivity contribution < 1.29 is 14.3 Å². The van der Waals surface area contributed by atoms with Gasteiger partial charge < -0.3 is 20.5 Å². The first-order valence-corrected chi connectivity index (χ1v) is 5.04. The minimum atomic E-state index is -0.292. The van der Waals surface area contributed by atoms with Crippen LogP contribution in [0.25, 0.3) is 0 Å². The van der Waals surface area contributed by atoms with Crippen LogP contribution < -0.4 is 20.5 Å². The molecule has 0 aromatic heterocycles. The summed E-state index contributed by atoms with van der Waals surface area (Å²) in [6, 6.07) is 3.19. The van der Waals surface area contributed by atoms with Crippen molar-refractivity contribution in [2.75, 3.05) is 26.5 Å². The van der Waals surface area contributed by atoms with Crippen LogP contribution in [-0.4, -0.2) is 26.7 Å².